The maximum absolute atomic E-state index is 11.7. The number of phenols is 1. The summed E-state index contributed by atoms with van der Waals surface area (Å²) in [6.07, 6.45) is 0. The minimum atomic E-state index is -0.344. The zero-order valence-electron chi connectivity index (χ0n) is 11.8. The van der Waals surface area contributed by atoms with E-state index in [1.54, 1.807) is 12.1 Å². The van der Waals surface area contributed by atoms with E-state index in [1.165, 1.54) is 7.11 Å². The van der Waals surface area contributed by atoms with Gasteiger partial charge in [0.2, 0.25) is 0 Å². The number of esters is 1. The Morgan fingerprint density at radius 3 is 2.76 bits per heavy atom. The van der Waals surface area contributed by atoms with Gasteiger partial charge >= 0.3 is 5.97 Å². The fraction of sp³-hybridized carbons (Fsp3) is 0.188. The molecule has 0 aliphatic heterocycles. The molecule has 0 saturated heterocycles. The van der Waals surface area contributed by atoms with Crippen molar-refractivity contribution in [3.8, 4) is 5.75 Å². The second kappa shape index (κ2) is 6.63. The monoisotopic (exact) mass is 349 g/mol. The van der Waals surface area contributed by atoms with Gasteiger partial charge in [-0.25, -0.2) is 4.79 Å². The second-order valence-corrected chi connectivity index (χ2v) is 5.46. The van der Waals surface area contributed by atoms with E-state index in [-0.39, 0.29) is 11.7 Å². The number of methoxy groups -OCH3 is 1. The molecule has 5 heteroatoms. The van der Waals surface area contributed by atoms with Crippen LogP contribution in [-0.4, -0.2) is 18.2 Å². The molecule has 0 amide bonds. The summed E-state index contributed by atoms with van der Waals surface area (Å²) >= 11 is 3.29. The van der Waals surface area contributed by atoms with Crippen LogP contribution in [0.25, 0.3) is 0 Å². The van der Waals surface area contributed by atoms with Crippen LogP contribution in [0.4, 0.5) is 5.69 Å². The van der Waals surface area contributed by atoms with Gasteiger partial charge in [0.15, 0.2) is 0 Å². The highest BCUT2D eigenvalue weighted by atomic mass is 79.9. The molecule has 0 heterocycles. The first-order chi connectivity index (χ1) is 10.0. The number of anilines is 1. The Balaban J connectivity index is 2.16. The van der Waals surface area contributed by atoms with Crippen molar-refractivity contribution in [1.82, 2.24) is 0 Å². The van der Waals surface area contributed by atoms with Gasteiger partial charge in [0, 0.05) is 12.2 Å². The third-order valence-corrected chi connectivity index (χ3v) is 3.87. The Morgan fingerprint density at radius 2 is 2.10 bits per heavy atom. The van der Waals surface area contributed by atoms with Crippen LogP contribution in [0.3, 0.4) is 0 Å². The van der Waals surface area contributed by atoms with Crippen LogP contribution in [0, 0.1) is 6.92 Å². The first-order valence-electron chi connectivity index (χ1n) is 6.42. The van der Waals surface area contributed by atoms with E-state index in [9.17, 15) is 9.90 Å². The van der Waals surface area contributed by atoms with Crippen molar-refractivity contribution in [3.05, 3.63) is 57.6 Å². The molecule has 21 heavy (non-hydrogen) atoms. The second-order valence-electron chi connectivity index (χ2n) is 4.61. The summed E-state index contributed by atoms with van der Waals surface area (Å²) in [5.41, 5.74) is 3.29. The normalized spacial score (nSPS) is 10.2. The van der Waals surface area contributed by atoms with E-state index in [1.807, 2.05) is 31.2 Å². The quantitative estimate of drug-likeness (QED) is 0.822. The number of benzene rings is 2. The Bertz CT molecular complexity index is 671. The van der Waals surface area contributed by atoms with Gasteiger partial charge in [0.25, 0.3) is 0 Å². The third-order valence-electron chi connectivity index (χ3n) is 3.23. The molecule has 2 aromatic carbocycles. The lowest BCUT2D eigenvalue weighted by Gasteiger charge is -2.12. The van der Waals surface area contributed by atoms with Crippen LogP contribution < -0.4 is 5.32 Å². The van der Waals surface area contributed by atoms with E-state index in [0.717, 1.165) is 16.8 Å². The molecule has 0 fully saturated rings. The van der Waals surface area contributed by atoms with Crippen molar-refractivity contribution in [2.45, 2.75) is 13.5 Å². The lowest BCUT2D eigenvalue weighted by molar-refractivity contribution is 0.0600. The predicted octanol–water partition coefficient (Wildman–Crippen LogP) is 3.86. The van der Waals surface area contributed by atoms with E-state index < -0.39 is 0 Å². The van der Waals surface area contributed by atoms with Crippen molar-refractivity contribution in [2.24, 2.45) is 0 Å². The van der Waals surface area contributed by atoms with Crippen LogP contribution in [-0.2, 0) is 11.3 Å². The largest absolute Gasteiger partial charge is 0.507 e. The number of hydrogen-bond donors (Lipinski definition) is 2. The number of ether oxygens (including phenoxy) is 1. The average Bonchev–Trinajstić information content (AvgIpc) is 2.49. The molecule has 2 N–H and O–H groups in total. The summed E-state index contributed by atoms with van der Waals surface area (Å²) in [5, 5.41) is 12.8. The van der Waals surface area contributed by atoms with Gasteiger partial charge in [-0.3, -0.25) is 0 Å². The standard InChI is InChI=1S/C16H16BrNO3/c1-10-12(16(20)21-2)4-3-5-14(10)18-9-11-6-7-15(19)13(17)8-11/h3-8,18-19H,9H2,1-2H3. The van der Waals surface area contributed by atoms with Gasteiger partial charge in [0.1, 0.15) is 5.75 Å². The number of halogens is 1. The molecule has 0 aliphatic carbocycles. The lowest BCUT2D eigenvalue weighted by atomic mass is 10.1. The fourth-order valence-corrected chi connectivity index (χ4v) is 2.44. The first kappa shape index (κ1) is 15.4. The van der Waals surface area contributed by atoms with Crippen LogP contribution in [0.15, 0.2) is 40.9 Å². The number of hydrogen-bond acceptors (Lipinski definition) is 4. The van der Waals surface area contributed by atoms with Crippen molar-refractivity contribution in [3.63, 3.8) is 0 Å². The van der Waals surface area contributed by atoms with Crippen LogP contribution >= 0.6 is 15.9 Å². The minimum Gasteiger partial charge on any atom is -0.507 e. The van der Waals surface area contributed by atoms with Gasteiger partial charge in [-0.1, -0.05) is 12.1 Å². The molecule has 2 aromatic rings. The molecular weight excluding hydrogens is 334 g/mol. The first-order valence-corrected chi connectivity index (χ1v) is 7.21. The van der Waals surface area contributed by atoms with Gasteiger partial charge in [-0.15, -0.1) is 0 Å². The van der Waals surface area contributed by atoms with Gasteiger partial charge in [-0.05, 0) is 58.2 Å². The molecule has 0 radical (unpaired) electrons. The molecule has 0 aromatic heterocycles. The number of carbonyl (C=O) groups excluding carboxylic acids is 1. The summed E-state index contributed by atoms with van der Waals surface area (Å²) in [7, 11) is 1.37. The summed E-state index contributed by atoms with van der Waals surface area (Å²) < 4.78 is 5.42. The summed E-state index contributed by atoms with van der Waals surface area (Å²) in [4.78, 5) is 11.7. The van der Waals surface area contributed by atoms with Gasteiger partial charge in [0.05, 0.1) is 17.1 Å². The lowest BCUT2D eigenvalue weighted by Crippen LogP contribution is -2.07. The van der Waals surface area contributed by atoms with Crippen LogP contribution in [0.2, 0.25) is 0 Å². The number of carbonyl (C=O) groups is 1. The Kier molecular flexibility index (Phi) is 4.85. The van der Waals surface area contributed by atoms with E-state index >= 15 is 0 Å². The Labute approximate surface area is 131 Å². The third kappa shape index (κ3) is 3.55. The van der Waals surface area contributed by atoms with Crippen LogP contribution in [0.1, 0.15) is 21.5 Å². The topological polar surface area (TPSA) is 58.6 Å². The van der Waals surface area contributed by atoms with Crippen LogP contribution in [0.5, 0.6) is 5.75 Å². The van der Waals surface area contributed by atoms with E-state index in [4.69, 9.17) is 4.74 Å². The van der Waals surface area contributed by atoms with Crippen molar-refractivity contribution < 1.29 is 14.6 Å². The maximum atomic E-state index is 11.7. The van der Waals surface area contributed by atoms with Crippen molar-refractivity contribution in [2.75, 3.05) is 12.4 Å². The summed E-state index contributed by atoms with van der Waals surface area (Å²) in [6, 6.07) is 10.8. The van der Waals surface area contributed by atoms with Gasteiger partial charge < -0.3 is 15.2 Å². The Hall–Kier alpha value is -2.01. The molecule has 110 valence electrons. The van der Waals surface area contributed by atoms with E-state index in [0.29, 0.717) is 16.6 Å². The predicted molar refractivity (Wildman–Crippen MR) is 85.7 cm³/mol. The molecule has 0 atom stereocenters. The number of phenolic OH excluding ortho intramolecular Hbond substituents is 1. The molecular formula is C16H16BrNO3. The number of rotatable bonds is 4. The van der Waals surface area contributed by atoms with Gasteiger partial charge in [-0.2, -0.15) is 0 Å². The molecule has 0 spiro atoms. The SMILES string of the molecule is COC(=O)c1cccc(NCc2ccc(O)c(Br)c2)c1C. The number of nitrogens with one attached hydrogen (secondary N) is 1. The molecule has 0 aliphatic rings. The maximum Gasteiger partial charge on any atom is 0.338 e. The number of aromatic hydroxyl groups is 1. The smallest absolute Gasteiger partial charge is 0.338 e. The fourth-order valence-electron chi connectivity index (χ4n) is 2.02. The van der Waals surface area contributed by atoms with E-state index in [2.05, 4.69) is 21.2 Å². The summed E-state index contributed by atoms with van der Waals surface area (Å²) in [5.74, 6) is -0.133. The van der Waals surface area contributed by atoms with Crippen molar-refractivity contribution in [1.29, 1.82) is 0 Å². The average molecular weight is 350 g/mol. The zero-order chi connectivity index (χ0) is 15.4. The molecule has 0 bridgehead atoms. The molecule has 4 nitrogen and oxygen atoms in total. The molecule has 0 saturated carbocycles. The highest BCUT2D eigenvalue weighted by molar-refractivity contribution is 9.10. The summed E-state index contributed by atoms with van der Waals surface area (Å²) in [6.45, 7) is 2.46. The highest BCUT2D eigenvalue weighted by Gasteiger charge is 2.11. The molecule has 0 unspecified atom stereocenters. The Morgan fingerprint density at radius 1 is 1.33 bits per heavy atom. The van der Waals surface area contributed by atoms with Crippen molar-refractivity contribution >= 4 is 27.6 Å². The highest BCUT2D eigenvalue weighted by Crippen LogP contribution is 2.25. The molecule has 2 rings (SSSR count). The minimum absolute atomic E-state index is 0.211. The zero-order valence-corrected chi connectivity index (χ0v) is 13.4.